The molecule has 0 spiro atoms. The standard InChI is InChI=1S/C23H27FN6O2/c1-4-18-21(31)27-19-12(2)25-23(28-20(19)29(18)3)26-16-7-13(8-16)10-30-11-14-9-15(24)5-6-17(14)22(30)32/h5-6,9,13,16,18H,4,7-8,10-11H2,1-3H3,(H,27,31)(H,25,26,28)/t13?,16?,18-/m0/s1. The van der Waals surface area contributed by atoms with Crippen molar-refractivity contribution in [3.8, 4) is 0 Å². The van der Waals surface area contributed by atoms with Gasteiger partial charge >= 0.3 is 0 Å². The number of nitrogens with one attached hydrogen (secondary N) is 2. The number of anilines is 3. The van der Waals surface area contributed by atoms with Crippen LogP contribution < -0.4 is 15.5 Å². The highest BCUT2D eigenvalue weighted by atomic mass is 19.1. The first-order chi connectivity index (χ1) is 15.3. The zero-order valence-electron chi connectivity index (χ0n) is 18.5. The van der Waals surface area contributed by atoms with Crippen LogP contribution >= 0.6 is 0 Å². The van der Waals surface area contributed by atoms with Crippen LogP contribution in [-0.4, -0.2) is 52.4 Å². The largest absolute Gasteiger partial charge is 0.351 e. The van der Waals surface area contributed by atoms with Crippen molar-refractivity contribution in [3.63, 3.8) is 0 Å². The van der Waals surface area contributed by atoms with Crippen molar-refractivity contribution in [1.82, 2.24) is 14.9 Å². The van der Waals surface area contributed by atoms with Gasteiger partial charge in [0.15, 0.2) is 5.82 Å². The number of amides is 2. The SMILES string of the molecule is CC[C@H]1C(=O)Nc2c(C)nc(NC3CC(CN4Cc5cc(F)ccc5C4=O)C3)nc2N1C. The molecular formula is C23H27FN6O2. The summed E-state index contributed by atoms with van der Waals surface area (Å²) in [5, 5.41) is 6.35. The van der Waals surface area contributed by atoms with Gasteiger partial charge in [-0.05, 0) is 55.9 Å². The first kappa shape index (κ1) is 20.7. The van der Waals surface area contributed by atoms with E-state index in [1.807, 2.05) is 30.7 Å². The van der Waals surface area contributed by atoms with Gasteiger partial charge in [0.2, 0.25) is 11.9 Å². The summed E-state index contributed by atoms with van der Waals surface area (Å²) in [6.45, 7) is 5.00. The normalized spacial score (nSPS) is 24.1. The lowest BCUT2D eigenvalue weighted by atomic mass is 9.80. The van der Waals surface area contributed by atoms with E-state index in [0.717, 1.165) is 29.9 Å². The molecule has 2 N–H and O–H groups in total. The minimum Gasteiger partial charge on any atom is -0.351 e. The van der Waals surface area contributed by atoms with Gasteiger partial charge < -0.3 is 20.4 Å². The quantitative estimate of drug-likeness (QED) is 0.746. The second kappa shape index (κ2) is 7.72. The van der Waals surface area contributed by atoms with Crippen molar-refractivity contribution in [2.24, 2.45) is 5.92 Å². The Labute approximate surface area is 186 Å². The van der Waals surface area contributed by atoms with Gasteiger partial charge in [-0.15, -0.1) is 0 Å². The Balaban J connectivity index is 1.20. The van der Waals surface area contributed by atoms with Gasteiger partial charge in [-0.25, -0.2) is 9.37 Å². The molecule has 1 aromatic heterocycles. The molecule has 5 rings (SSSR count). The van der Waals surface area contributed by atoms with E-state index in [-0.39, 0.29) is 29.7 Å². The first-order valence-electron chi connectivity index (χ1n) is 11.1. The lowest BCUT2D eigenvalue weighted by molar-refractivity contribution is -0.117. The molecule has 0 radical (unpaired) electrons. The van der Waals surface area contributed by atoms with Crippen LogP contribution in [0.15, 0.2) is 18.2 Å². The van der Waals surface area contributed by atoms with Gasteiger partial charge in [0.25, 0.3) is 5.91 Å². The molecule has 2 amide bonds. The fraction of sp³-hybridized carbons (Fsp3) is 0.478. The van der Waals surface area contributed by atoms with Gasteiger partial charge in [0.05, 0.1) is 5.69 Å². The van der Waals surface area contributed by atoms with Crippen molar-refractivity contribution in [1.29, 1.82) is 0 Å². The Hall–Kier alpha value is -3.23. The summed E-state index contributed by atoms with van der Waals surface area (Å²) in [5.74, 6) is 1.33. The molecular weight excluding hydrogens is 411 g/mol. The molecule has 0 unspecified atom stereocenters. The van der Waals surface area contributed by atoms with Gasteiger partial charge in [0.1, 0.15) is 17.5 Å². The fourth-order valence-electron chi connectivity index (χ4n) is 5.01. The van der Waals surface area contributed by atoms with E-state index in [1.54, 1.807) is 6.07 Å². The van der Waals surface area contributed by atoms with Crippen LogP contribution in [0.25, 0.3) is 0 Å². The topological polar surface area (TPSA) is 90.5 Å². The van der Waals surface area contributed by atoms with Crippen LogP contribution in [0.2, 0.25) is 0 Å². The summed E-state index contributed by atoms with van der Waals surface area (Å²) < 4.78 is 13.5. The number of benzene rings is 1. The lowest BCUT2D eigenvalue weighted by Gasteiger charge is -2.38. The van der Waals surface area contributed by atoms with Crippen molar-refractivity contribution in [3.05, 3.63) is 40.8 Å². The molecule has 3 heterocycles. The molecule has 1 aliphatic carbocycles. The minimum atomic E-state index is -0.304. The summed E-state index contributed by atoms with van der Waals surface area (Å²) in [7, 11) is 1.89. The first-order valence-corrected chi connectivity index (χ1v) is 11.1. The number of carbonyl (C=O) groups excluding carboxylic acids is 2. The summed E-state index contributed by atoms with van der Waals surface area (Å²) >= 11 is 0. The smallest absolute Gasteiger partial charge is 0.254 e. The summed E-state index contributed by atoms with van der Waals surface area (Å²) in [5.41, 5.74) is 2.78. The van der Waals surface area contributed by atoms with Gasteiger partial charge in [-0.3, -0.25) is 9.59 Å². The zero-order chi connectivity index (χ0) is 22.6. The summed E-state index contributed by atoms with van der Waals surface area (Å²) in [6, 6.07) is 4.37. The van der Waals surface area contributed by atoms with Crippen LogP contribution in [0, 0.1) is 18.7 Å². The number of nitrogens with zero attached hydrogens (tertiary/aromatic N) is 4. The number of fused-ring (bicyclic) bond motifs is 2. The molecule has 1 atom stereocenters. The molecule has 32 heavy (non-hydrogen) atoms. The second-order valence-corrected chi connectivity index (χ2v) is 9.02. The Bertz CT molecular complexity index is 1100. The maximum absolute atomic E-state index is 13.5. The lowest BCUT2D eigenvalue weighted by Crippen LogP contribution is -2.46. The highest BCUT2D eigenvalue weighted by Gasteiger charge is 2.36. The minimum absolute atomic E-state index is 0.0133. The van der Waals surface area contributed by atoms with Crippen LogP contribution in [0.3, 0.4) is 0 Å². The van der Waals surface area contributed by atoms with Crippen LogP contribution in [-0.2, 0) is 11.3 Å². The number of aryl methyl sites for hydroxylation is 1. The zero-order valence-corrected chi connectivity index (χ0v) is 18.5. The van der Waals surface area contributed by atoms with E-state index >= 15 is 0 Å². The molecule has 168 valence electrons. The molecule has 1 saturated carbocycles. The highest BCUT2D eigenvalue weighted by molar-refractivity contribution is 6.03. The van der Waals surface area contributed by atoms with Crippen LogP contribution in [0.5, 0.6) is 0 Å². The monoisotopic (exact) mass is 438 g/mol. The van der Waals surface area contributed by atoms with Gasteiger partial charge in [-0.1, -0.05) is 6.92 Å². The van der Waals surface area contributed by atoms with E-state index in [0.29, 0.717) is 42.6 Å². The molecule has 0 saturated heterocycles. The number of hydrogen-bond donors (Lipinski definition) is 2. The Morgan fingerprint density at radius 2 is 2.03 bits per heavy atom. The summed E-state index contributed by atoms with van der Waals surface area (Å²) in [6.07, 6.45) is 2.53. The third kappa shape index (κ3) is 3.45. The van der Waals surface area contributed by atoms with E-state index in [9.17, 15) is 14.0 Å². The van der Waals surface area contributed by atoms with Crippen LogP contribution in [0.1, 0.15) is 47.8 Å². The molecule has 0 bridgehead atoms. The molecule has 8 nitrogen and oxygen atoms in total. The van der Waals surface area contributed by atoms with Crippen molar-refractivity contribution in [2.75, 3.05) is 29.1 Å². The average Bonchev–Trinajstić information content (AvgIpc) is 3.02. The fourth-order valence-corrected chi connectivity index (χ4v) is 5.01. The third-order valence-corrected chi connectivity index (χ3v) is 6.80. The molecule has 2 aromatic rings. The van der Waals surface area contributed by atoms with E-state index in [1.165, 1.54) is 12.1 Å². The molecule has 3 aliphatic rings. The van der Waals surface area contributed by atoms with E-state index < -0.39 is 0 Å². The van der Waals surface area contributed by atoms with Crippen molar-refractivity contribution >= 4 is 29.3 Å². The number of likely N-dealkylation sites (N-methyl/N-ethyl adjacent to an activating group) is 1. The van der Waals surface area contributed by atoms with Crippen molar-refractivity contribution < 1.29 is 14.0 Å². The number of hydrogen-bond acceptors (Lipinski definition) is 6. The molecule has 2 aliphatic heterocycles. The van der Waals surface area contributed by atoms with Crippen LogP contribution in [0.4, 0.5) is 21.8 Å². The van der Waals surface area contributed by atoms with Gasteiger partial charge in [0, 0.05) is 31.7 Å². The number of rotatable bonds is 5. The average molecular weight is 439 g/mol. The Kier molecular flexibility index (Phi) is 4.98. The summed E-state index contributed by atoms with van der Waals surface area (Å²) in [4.78, 5) is 37.8. The third-order valence-electron chi connectivity index (χ3n) is 6.80. The number of carbonyl (C=O) groups is 2. The number of halogens is 1. The highest BCUT2D eigenvalue weighted by Crippen LogP contribution is 2.36. The Morgan fingerprint density at radius 3 is 2.78 bits per heavy atom. The maximum atomic E-state index is 13.5. The van der Waals surface area contributed by atoms with E-state index in [4.69, 9.17) is 0 Å². The molecule has 9 heteroatoms. The molecule has 1 fully saturated rings. The predicted molar refractivity (Wildman–Crippen MR) is 119 cm³/mol. The predicted octanol–water partition coefficient (Wildman–Crippen LogP) is 2.94. The van der Waals surface area contributed by atoms with E-state index in [2.05, 4.69) is 20.6 Å². The maximum Gasteiger partial charge on any atom is 0.254 e. The number of aromatic nitrogens is 2. The van der Waals surface area contributed by atoms with Crippen molar-refractivity contribution in [2.45, 2.75) is 51.7 Å². The Morgan fingerprint density at radius 1 is 1.25 bits per heavy atom. The molecule has 1 aromatic carbocycles. The van der Waals surface area contributed by atoms with Gasteiger partial charge in [-0.2, -0.15) is 4.98 Å². The second-order valence-electron chi connectivity index (χ2n) is 9.02.